The van der Waals surface area contributed by atoms with Gasteiger partial charge < -0.3 is 5.73 Å². The van der Waals surface area contributed by atoms with Crippen LogP contribution in [0.25, 0.3) is 0 Å². The molecular formula is C16H31N. The Labute approximate surface area is 108 Å². The van der Waals surface area contributed by atoms with Gasteiger partial charge in [-0.2, -0.15) is 0 Å². The van der Waals surface area contributed by atoms with Crippen molar-refractivity contribution in [3.8, 4) is 0 Å². The van der Waals surface area contributed by atoms with Gasteiger partial charge in [-0.3, -0.25) is 0 Å². The maximum absolute atomic E-state index is 6.83. The molecule has 2 rings (SSSR count). The van der Waals surface area contributed by atoms with Gasteiger partial charge in [0.25, 0.3) is 0 Å². The minimum absolute atomic E-state index is 0.172. The minimum atomic E-state index is 0.172. The lowest BCUT2D eigenvalue weighted by molar-refractivity contribution is 0.0677. The lowest BCUT2D eigenvalue weighted by Gasteiger charge is -2.49. The zero-order chi connectivity index (χ0) is 12.5. The Morgan fingerprint density at radius 3 is 2.24 bits per heavy atom. The van der Waals surface area contributed by atoms with Crippen LogP contribution < -0.4 is 5.73 Å². The van der Waals surface area contributed by atoms with Gasteiger partial charge in [0, 0.05) is 5.54 Å². The molecule has 0 aromatic carbocycles. The molecule has 0 aromatic heterocycles. The highest BCUT2D eigenvalue weighted by atomic mass is 14.8. The molecule has 1 heteroatoms. The Balaban J connectivity index is 1.96. The number of nitrogens with two attached hydrogens (primary N) is 1. The molecule has 0 aliphatic heterocycles. The molecule has 0 radical (unpaired) electrons. The lowest BCUT2D eigenvalue weighted by atomic mass is 9.60. The molecule has 0 bridgehead atoms. The van der Waals surface area contributed by atoms with Crippen LogP contribution >= 0.6 is 0 Å². The van der Waals surface area contributed by atoms with Gasteiger partial charge in [0.05, 0.1) is 0 Å². The summed E-state index contributed by atoms with van der Waals surface area (Å²) in [4.78, 5) is 0. The first-order valence-corrected chi connectivity index (χ1v) is 7.85. The predicted molar refractivity (Wildman–Crippen MR) is 74.8 cm³/mol. The fourth-order valence-electron chi connectivity index (χ4n) is 4.40. The summed E-state index contributed by atoms with van der Waals surface area (Å²) in [7, 11) is 0. The first-order valence-electron chi connectivity index (χ1n) is 7.85. The van der Waals surface area contributed by atoms with Crippen LogP contribution in [0.5, 0.6) is 0 Å². The van der Waals surface area contributed by atoms with E-state index in [-0.39, 0.29) is 5.54 Å². The molecule has 0 aromatic rings. The lowest BCUT2D eigenvalue weighted by Crippen LogP contribution is -2.55. The average Bonchev–Trinajstić information content (AvgIpc) is 2.34. The molecule has 0 spiro atoms. The second-order valence-electron chi connectivity index (χ2n) is 7.02. The Morgan fingerprint density at radius 2 is 1.71 bits per heavy atom. The van der Waals surface area contributed by atoms with Crippen LogP contribution in [-0.4, -0.2) is 5.54 Å². The molecule has 2 aliphatic carbocycles. The highest BCUT2D eigenvalue weighted by molar-refractivity contribution is 5.00. The molecule has 17 heavy (non-hydrogen) atoms. The van der Waals surface area contributed by atoms with Crippen molar-refractivity contribution in [2.75, 3.05) is 0 Å². The van der Waals surface area contributed by atoms with Crippen molar-refractivity contribution in [1.82, 2.24) is 0 Å². The SMILES string of the molecule is CCC1CCC(C2(N)CCC(C)CC2C)CC1. The Bertz CT molecular complexity index is 242. The highest BCUT2D eigenvalue weighted by Gasteiger charge is 2.43. The third-order valence-electron chi connectivity index (χ3n) is 5.93. The summed E-state index contributed by atoms with van der Waals surface area (Å²) in [5, 5.41) is 0. The van der Waals surface area contributed by atoms with Crippen LogP contribution in [-0.2, 0) is 0 Å². The van der Waals surface area contributed by atoms with Gasteiger partial charge in [-0.05, 0) is 55.8 Å². The first kappa shape index (κ1) is 13.4. The second-order valence-corrected chi connectivity index (χ2v) is 7.02. The topological polar surface area (TPSA) is 26.0 Å². The van der Waals surface area contributed by atoms with Crippen LogP contribution in [0.15, 0.2) is 0 Å². The van der Waals surface area contributed by atoms with E-state index >= 15 is 0 Å². The summed E-state index contributed by atoms with van der Waals surface area (Å²) >= 11 is 0. The smallest absolute Gasteiger partial charge is 0.0209 e. The summed E-state index contributed by atoms with van der Waals surface area (Å²) in [6, 6.07) is 0. The standard InChI is InChI=1S/C16H31N/c1-4-14-5-7-15(8-6-14)16(17)10-9-12(2)11-13(16)3/h12-15H,4-11,17H2,1-3H3. The number of hydrogen-bond donors (Lipinski definition) is 1. The molecule has 100 valence electrons. The summed E-state index contributed by atoms with van der Waals surface area (Å²) in [5.74, 6) is 3.43. The first-order chi connectivity index (χ1) is 8.06. The minimum Gasteiger partial charge on any atom is -0.325 e. The van der Waals surface area contributed by atoms with Crippen molar-refractivity contribution < 1.29 is 0 Å². The van der Waals surface area contributed by atoms with E-state index in [2.05, 4.69) is 20.8 Å². The maximum atomic E-state index is 6.83. The van der Waals surface area contributed by atoms with E-state index in [1.807, 2.05) is 0 Å². The molecule has 3 atom stereocenters. The summed E-state index contributed by atoms with van der Waals surface area (Å²) in [6.45, 7) is 7.14. The van der Waals surface area contributed by atoms with Crippen LogP contribution in [0, 0.1) is 23.7 Å². The van der Waals surface area contributed by atoms with Crippen molar-refractivity contribution in [2.45, 2.75) is 77.7 Å². The van der Waals surface area contributed by atoms with Gasteiger partial charge in [-0.15, -0.1) is 0 Å². The Morgan fingerprint density at radius 1 is 1.06 bits per heavy atom. The van der Waals surface area contributed by atoms with Crippen LogP contribution in [0.1, 0.15) is 72.1 Å². The Kier molecular flexibility index (Phi) is 4.18. The third kappa shape index (κ3) is 2.70. The normalized spacial score (nSPS) is 48.0. The molecule has 3 unspecified atom stereocenters. The molecule has 2 aliphatic rings. The highest BCUT2D eigenvalue weighted by Crippen LogP contribution is 2.45. The molecular weight excluding hydrogens is 206 g/mol. The zero-order valence-electron chi connectivity index (χ0n) is 12.0. The predicted octanol–water partition coefficient (Wildman–Crippen LogP) is 4.36. The molecule has 0 amide bonds. The quantitative estimate of drug-likeness (QED) is 0.759. The molecule has 1 nitrogen and oxygen atoms in total. The van der Waals surface area contributed by atoms with Crippen molar-refractivity contribution in [3.05, 3.63) is 0 Å². The monoisotopic (exact) mass is 237 g/mol. The van der Waals surface area contributed by atoms with Crippen LogP contribution in [0.3, 0.4) is 0 Å². The molecule has 2 fully saturated rings. The average molecular weight is 237 g/mol. The van der Waals surface area contributed by atoms with E-state index in [4.69, 9.17) is 5.73 Å². The maximum Gasteiger partial charge on any atom is 0.0209 e. The molecule has 2 saturated carbocycles. The molecule has 0 heterocycles. The van der Waals surface area contributed by atoms with Gasteiger partial charge in [-0.25, -0.2) is 0 Å². The van der Waals surface area contributed by atoms with Gasteiger partial charge in [0.2, 0.25) is 0 Å². The summed E-state index contributed by atoms with van der Waals surface area (Å²) in [5.41, 5.74) is 7.00. The van der Waals surface area contributed by atoms with E-state index in [0.29, 0.717) is 0 Å². The van der Waals surface area contributed by atoms with Crippen molar-refractivity contribution in [2.24, 2.45) is 29.4 Å². The largest absolute Gasteiger partial charge is 0.325 e. The van der Waals surface area contributed by atoms with Gasteiger partial charge in [-0.1, -0.05) is 40.0 Å². The van der Waals surface area contributed by atoms with E-state index in [0.717, 1.165) is 23.7 Å². The molecule has 2 N–H and O–H groups in total. The van der Waals surface area contributed by atoms with E-state index < -0.39 is 0 Å². The van der Waals surface area contributed by atoms with Gasteiger partial charge in [0.1, 0.15) is 0 Å². The van der Waals surface area contributed by atoms with Gasteiger partial charge >= 0.3 is 0 Å². The number of hydrogen-bond acceptors (Lipinski definition) is 1. The van der Waals surface area contributed by atoms with Crippen LogP contribution in [0.4, 0.5) is 0 Å². The third-order valence-corrected chi connectivity index (χ3v) is 5.93. The second kappa shape index (κ2) is 5.30. The number of rotatable bonds is 2. The van der Waals surface area contributed by atoms with Crippen molar-refractivity contribution in [3.63, 3.8) is 0 Å². The van der Waals surface area contributed by atoms with Crippen molar-refractivity contribution >= 4 is 0 Å². The fourth-order valence-corrected chi connectivity index (χ4v) is 4.40. The van der Waals surface area contributed by atoms with E-state index in [9.17, 15) is 0 Å². The molecule has 0 saturated heterocycles. The fraction of sp³-hybridized carbons (Fsp3) is 1.00. The van der Waals surface area contributed by atoms with E-state index in [1.165, 1.54) is 51.4 Å². The summed E-state index contributed by atoms with van der Waals surface area (Å²) < 4.78 is 0. The summed E-state index contributed by atoms with van der Waals surface area (Å²) in [6.07, 6.45) is 11.0. The Hall–Kier alpha value is -0.0400. The van der Waals surface area contributed by atoms with Crippen molar-refractivity contribution in [1.29, 1.82) is 0 Å². The zero-order valence-corrected chi connectivity index (χ0v) is 12.0. The van der Waals surface area contributed by atoms with Gasteiger partial charge in [0.15, 0.2) is 0 Å². The van der Waals surface area contributed by atoms with Crippen LogP contribution in [0.2, 0.25) is 0 Å². The van der Waals surface area contributed by atoms with E-state index in [1.54, 1.807) is 0 Å².